The maximum atomic E-state index is 11.2. The van der Waals surface area contributed by atoms with E-state index in [1.54, 1.807) is 18.2 Å². The minimum Gasteiger partial charge on any atom is -0.549 e. The third-order valence-corrected chi connectivity index (χ3v) is 2.87. The summed E-state index contributed by atoms with van der Waals surface area (Å²) in [7, 11) is 0. The Labute approximate surface area is 136 Å². The fourth-order valence-electron chi connectivity index (χ4n) is 1.83. The van der Waals surface area contributed by atoms with Gasteiger partial charge < -0.3 is 19.8 Å². The molecule has 0 aromatic heterocycles. The van der Waals surface area contributed by atoms with Crippen molar-refractivity contribution in [3.8, 4) is 0 Å². The summed E-state index contributed by atoms with van der Waals surface area (Å²) in [6.45, 7) is 1.86. The second kappa shape index (κ2) is 7.77. The van der Waals surface area contributed by atoms with E-state index in [1.807, 2.05) is 6.92 Å². The van der Waals surface area contributed by atoms with E-state index in [9.17, 15) is 19.8 Å². The van der Waals surface area contributed by atoms with Crippen molar-refractivity contribution < 1.29 is 19.8 Å². The predicted octanol–water partition coefficient (Wildman–Crippen LogP) is -0.766. The van der Waals surface area contributed by atoms with Gasteiger partial charge in [-0.05, 0) is 12.0 Å². The molecule has 0 N–H and O–H groups in total. The number of carboxylic acid groups (broad SMARTS) is 2. The topological polar surface area (TPSA) is 80.3 Å². The van der Waals surface area contributed by atoms with Crippen molar-refractivity contribution in [3.05, 3.63) is 35.9 Å². The van der Waals surface area contributed by atoms with Crippen LogP contribution in [0.5, 0.6) is 0 Å². The summed E-state index contributed by atoms with van der Waals surface area (Å²) in [5, 5.41) is 22.5. The maximum absolute atomic E-state index is 11.2. The third-order valence-electron chi connectivity index (χ3n) is 2.87. The van der Waals surface area contributed by atoms with E-state index in [2.05, 4.69) is 0 Å². The molecule has 0 aliphatic carbocycles. The van der Waals surface area contributed by atoms with Crippen molar-refractivity contribution in [1.82, 2.24) is 0 Å². The molecule has 0 aliphatic rings. The van der Waals surface area contributed by atoms with E-state index >= 15 is 0 Å². The maximum Gasteiger partial charge on any atom is 2.00 e. The molecule has 1 aromatic carbocycles. The average molecular weight is 274 g/mol. The smallest absolute Gasteiger partial charge is 0.549 e. The van der Waals surface area contributed by atoms with Crippen LogP contribution < -0.4 is 10.2 Å². The minimum atomic E-state index is -2.04. The molecule has 4 nitrogen and oxygen atoms in total. The fraction of sp³-hybridized carbons (Fsp3) is 0.385. The summed E-state index contributed by atoms with van der Waals surface area (Å²) in [5.41, 5.74) is -1.84. The predicted molar refractivity (Wildman–Crippen MR) is 63.4 cm³/mol. The van der Waals surface area contributed by atoms with Gasteiger partial charge >= 0.3 is 37.7 Å². The molecule has 1 rings (SSSR count). The van der Waals surface area contributed by atoms with Gasteiger partial charge in [0.15, 0.2) is 0 Å². The molecule has 0 saturated heterocycles. The van der Waals surface area contributed by atoms with Crippen LogP contribution in [0.4, 0.5) is 0 Å². The van der Waals surface area contributed by atoms with Gasteiger partial charge in [-0.2, -0.15) is 0 Å². The zero-order chi connectivity index (χ0) is 12.9. The number of carbonyl (C=O) groups excluding carboxylic acids is 2. The Morgan fingerprint density at radius 2 is 1.61 bits per heavy atom. The molecule has 1 aromatic rings. The molecule has 0 amide bonds. The van der Waals surface area contributed by atoms with Crippen molar-refractivity contribution in [2.45, 2.75) is 31.6 Å². The molecular formula is C13H14CaO4. The van der Waals surface area contributed by atoms with E-state index in [4.69, 9.17) is 0 Å². The van der Waals surface area contributed by atoms with Crippen LogP contribution in [0.15, 0.2) is 30.3 Å². The Hall–Kier alpha value is -0.580. The van der Waals surface area contributed by atoms with E-state index in [0.29, 0.717) is 12.8 Å². The molecule has 0 atom stereocenters. The number of rotatable bonds is 6. The first-order chi connectivity index (χ1) is 8.05. The van der Waals surface area contributed by atoms with Gasteiger partial charge in [-0.25, -0.2) is 0 Å². The summed E-state index contributed by atoms with van der Waals surface area (Å²) >= 11 is 0. The van der Waals surface area contributed by atoms with E-state index < -0.39 is 17.4 Å². The van der Waals surface area contributed by atoms with Gasteiger partial charge in [-0.3, -0.25) is 0 Å². The Kier molecular flexibility index (Phi) is 7.52. The second-order valence-electron chi connectivity index (χ2n) is 3.95. The van der Waals surface area contributed by atoms with E-state index in [1.165, 1.54) is 12.1 Å². The van der Waals surface area contributed by atoms with Crippen LogP contribution >= 0.6 is 0 Å². The van der Waals surface area contributed by atoms with Crippen LogP contribution in [0, 0.1) is 0 Å². The molecule has 0 saturated carbocycles. The van der Waals surface area contributed by atoms with Crippen LogP contribution in [0.25, 0.3) is 0 Å². The van der Waals surface area contributed by atoms with Gasteiger partial charge in [-0.1, -0.05) is 50.1 Å². The van der Waals surface area contributed by atoms with Crippen LogP contribution in [0.1, 0.15) is 31.7 Å². The first-order valence-corrected chi connectivity index (χ1v) is 5.54. The van der Waals surface area contributed by atoms with Gasteiger partial charge in [0, 0.05) is 0 Å². The standard InChI is InChI=1S/C13H16O4.Ca/c1-2-3-9-13(11(14)15,12(16)17)10-7-5-4-6-8-10;/h4-8H,2-3,9H2,1H3,(H,14,15)(H,16,17);/q;+2/p-2. The molecule has 0 spiro atoms. The van der Waals surface area contributed by atoms with Gasteiger partial charge in [0.1, 0.15) is 0 Å². The van der Waals surface area contributed by atoms with Crippen molar-refractivity contribution >= 4 is 49.7 Å². The largest absolute Gasteiger partial charge is 2.00 e. The SMILES string of the molecule is CCCCC(C(=O)[O-])(C(=O)[O-])c1ccccc1.[Ca+2]. The van der Waals surface area contributed by atoms with Crippen molar-refractivity contribution in [2.75, 3.05) is 0 Å². The Bertz CT molecular complexity index is 389. The van der Waals surface area contributed by atoms with Crippen LogP contribution in [0.2, 0.25) is 0 Å². The molecule has 5 heteroatoms. The van der Waals surface area contributed by atoms with Crippen molar-refractivity contribution in [3.63, 3.8) is 0 Å². The molecule has 0 heterocycles. The summed E-state index contributed by atoms with van der Waals surface area (Å²) in [5.74, 6) is -3.23. The van der Waals surface area contributed by atoms with Gasteiger partial charge in [0.2, 0.25) is 0 Å². The molecule has 0 radical (unpaired) electrons. The number of carbonyl (C=O) groups is 2. The zero-order valence-electron chi connectivity index (χ0n) is 10.3. The zero-order valence-corrected chi connectivity index (χ0v) is 12.6. The molecule has 92 valence electrons. The van der Waals surface area contributed by atoms with Gasteiger partial charge in [-0.15, -0.1) is 0 Å². The molecule has 0 fully saturated rings. The van der Waals surface area contributed by atoms with E-state index in [0.717, 1.165) is 0 Å². The molecule has 0 aliphatic heterocycles. The quantitative estimate of drug-likeness (QED) is 0.504. The summed E-state index contributed by atoms with van der Waals surface area (Å²) in [6.07, 6.45) is 1.17. The number of hydrogen-bond donors (Lipinski definition) is 0. The van der Waals surface area contributed by atoms with Crippen LogP contribution in [0.3, 0.4) is 0 Å². The van der Waals surface area contributed by atoms with Crippen LogP contribution in [-0.2, 0) is 15.0 Å². The first kappa shape index (κ1) is 17.4. The summed E-state index contributed by atoms with van der Waals surface area (Å²) < 4.78 is 0. The average Bonchev–Trinajstić information content (AvgIpc) is 2.30. The van der Waals surface area contributed by atoms with Crippen molar-refractivity contribution in [1.29, 1.82) is 0 Å². The molecular weight excluding hydrogens is 260 g/mol. The third kappa shape index (κ3) is 3.46. The number of unbranched alkanes of at least 4 members (excludes halogenated alkanes) is 1. The first-order valence-electron chi connectivity index (χ1n) is 5.54. The number of aliphatic carboxylic acids is 2. The Morgan fingerprint density at radius 3 is 2.00 bits per heavy atom. The van der Waals surface area contributed by atoms with E-state index in [-0.39, 0.29) is 49.7 Å². The van der Waals surface area contributed by atoms with Gasteiger partial charge in [0.25, 0.3) is 0 Å². The Balaban J connectivity index is 0.00000289. The van der Waals surface area contributed by atoms with Crippen molar-refractivity contribution in [2.24, 2.45) is 0 Å². The minimum absolute atomic E-state index is 0. The Morgan fingerprint density at radius 1 is 1.11 bits per heavy atom. The van der Waals surface area contributed by atoms with Gasteiger partial charge in [0.05, 0.1) is 17.4 Å². The van der Waals surface area contributed by atoms with Crippen LogP contribution in [-0.4, -0.2) is 49.7 Å². The normalized spacial score (nSPS) is 10.5. The monoisotopic (exact) mass is 274 g/mol. The summed E-state index contributed by atoms with van der Waals surface area (Å²) in [6, 6.07) is 7.84. The molecule has 0 bridgehead atoms. The second-order valence-corrected chi connectivity index (χ2v) is 3.95. The number of benzene rings is 1. The fourth-order valence-corrected chi connectivity index (χ4v) is 1.83. The number of hydrogen-bond acceptors (Lipinski definition) is 4. The summed E-state index contributed by atoms with van der Waals surface area (Å²) in [4.78, 5) is 22.5. The number of carboxylic acids is 2. The molecule has 0 unspecified atom stereocenters. The molecule has 18 heavy (non-hydrogen) atoms.